The largest absolute Gasteiger partial charge is 0.396 e. The number of methoxy groups -OCH3 is 1. The van der Waals surface area contributed by atoms with Crippen molar-refractivity contribution in [2.45, 2.75) is 12.8 Å². The molecule has 3 nitrogen and oxygen atoms in total. The zero-order chi connectivity index (χ0) is 12.3. The first-order valence-corrected chi connectivity index (χ1v) is 6.38. The van der Waals surface area contributed by atoms with Crippen LogP contribution in [0.4, 0.5) is 11.4 Å². The van der Waals surface area contributed by atoms with Crippen LogP contribution in [0.1, 0.15) is 12.8 Å². The number of anilines is 2. The smallest absolute Gasteiger partial charge is 0.0741 e. The molecule has 17 heavy (non-hydrogen) atoms. The highest BCUT2D eigenvalue weighted by Gasteiger charge is 2.21. The minimum Gasteiger partial charge on any atom is -0.396 e. The fraction of sp³-hybridized carbons (Fsp3) is 0.538. The number of rotatable bonds is 3. The molecule has 1 atom stereocenters. The minimum absolute atomic E-state index is 0.590. The summed E-state index contributed by atoms with van der Waals surface area (Å²) in [6, 6.07) is 5.82. The molecule has 2 N–H and O–H groups in total. The van der Waals surface area contributed by atoms with Gasteiger partial charge in [0.2, 0.25) is 0 Å². The highest BCUT2D eigenvalue weighted by molar-refractivity contribution is 6.33. The van der Waals surface area contributed by atoms with Gasteiger partial charge < -0.3 is 15.4 Å². The molecule has 1 aromatic carbocycles. The van der Waals surface area contributed by atoms with Crippen molar-refractivity contribution in [3.8, 4) is 0 Å². The van der Waals surface area contributed by atoms with Gasteiger partial charge in [-0.2, -0.15) is 0 Å². The molecule has 1 aliphatic rings. The molecule has 0 amide bonds. The average molecular weight is 255 g/mol. The molecule has 1 saturated heterocycles. The van der Waals surface area contributed by atoms with Crippen LogP contribution in [-0.2, 0) is 4.74 Å². The van der Waals surface area contributed by atoms with Gasteiger partial charge in [0.1, 0.15) is 0 Å². The predicted molar refractivity (Wildman–Crippen MR) is 72.7 cm³/mol. The van der Waals surface area contributed by atoms with Crippen LogP contribution in [0.15, 0.2) is 18.2 Å². The maximum Gasteiger partial charge on any atom is 0.0741 e. The molecule has 0 bridgehead atoms. The van der Waals surface area contributed by atoms with E-state index in [1.54, 1.807) is 7.11 Å². The third-order valence-corrected chi connectivity index (χ3v) is 3.62. The van der Waals surface area contributed by atoms with E-state index in [2.05, 4.69) is 4.90 Å². The van der Waals surface area contributed by atoms with Gasteiger partial charge in [0.15, 0.2) is 0 Å². The number of nitrogens with two attached hydrogens (primary N) is 1. The van der Waals surface area contributed by atoms with Gasteiger partial charge >= 0.3 is 0 Å². The van der Waals surface area contributed by atoms with E-state index in [0.717, 1.165) is 25.4 Å². The SMILES string of the molecule is COCC1CCCN(c2cccc(Cl)c2N)C1. The summed E-state index contributed by atoms with van der Waals surface area (Å²) in [5, 5.41) is 0.636. The van der Waals surface area contributed by atoms with Crippen LogP contribution >= 0.6 is 11.6 Å². The van der Waals surface area contributed by atoms with Crippen molar-refractivity contribution >= 4 is 23.0 Å². The Kier molecular flexibility index (Phi) is 4.13. The van der Waals surface area contributed by atoms with E-state index in [0.29, 0.717) is 16.6 Å². The molecule has 1 unspecified atom stereocenters. The van der Waals surface area contributed by atoms with E-state index in [1.807, 2.05) is 18.2 Å². The summed E-state index contributed by atoms with van der Waals surface area (Å²) in [7, 11) is 1.76. The van der Waals surface area contributed by atoms with Gasteiger partial charge in [-0.05, 0) is 30.9 Å². The molecule has 0 aliphatic carbocycles. The van der Waals surface area contributed by atoms with Crippen molar-refractivity contribution < 1.29 is 4.74 Å². The van der Waals surface area contributed by atoms with E-state index in [-0.39, 0.29) is 0 Å². The lowest BCUT2D eigenvalue weighted by Crippen LogP contribution is -2.37. The second-order valence-electron chi connectivity index (χ2n) is 4.58. The molecule has 1 aromatic rings. The molecule has 2 rings (SSSR count). The maximum absolute atomic E-state index is 6.05. The van der Waals surface area contributed by atoms with Crippen molar-refractivity contribution in [2.75, 3.05) is 37.4 Å². The molecule has 1 heterocycles. The normalized spacial score (nSPS) is 20.6. The monoisotopic (exact) mass is 254 g/mol. The first kappa shape index (κ1) is 12.5. The van der Waals surface area contributed by atoms with Crippen LogP contribution in [0.3, 0.4) is 0 Å². The van der Waals surface area contributed by atoms with Crippen LogP contribution in [0.25, 0.3) is 0 Å². The lowest BCUT2D eigenvalue weighted by atomic mass is 9.98. The zero-order valence-corrected chi connectivity index (χ0v) is 10.9. The Morgan fingerprint density at radius 1 is 1.53 bits per heavy atom. The number of hydrogen-bond donors (Lipinski definition) is 1. The number of para-hydroxylation sites is 1. The lowest BCUT2D eigenvalue weighted by Gasteiger charge is -2.34. The van der Waals surface area contributed by atoms with Gasteiger partial charge in [-0.3, -0.25) is 0 Å². The molecular weight excluding hydrogens is 236 g/mol. The fourth-order valence-corrected chi connectivity index (χ4v) is 2.63. The summed E-state index contributed by atoms with van der Waals surface area (Å²) in [5.41, 5.74) is 7.77. The van der Waals surface area contributed by atoms with Crippen molar-refractivity contribution in [2.24, 2.45) is 5.92 Å². The molecule has 1 fully saturated rings. The standard InChI is InChI=1S/C13H19ClN2O/c1-17-9-10-4-3-7-16(8-10)12-6-2-5-11(14)13(12)15/h2,5-6,10H,3-4,7-9,15H2,1H3. The first-order chi connectivity index (χ1) is 8.22. The van der Waals surface area contributed by atoms with Gasteiger partial charge in [0.05, 0.1) is 23.0 Å². The van der Waals surface area contributed by atoms with Crippen molar-refractivity contribution in [3.05, 3.63) is 23.2 Å². The van der Waals surface area contributed by atoms with E-state index in [4.69, 9.17) is 22.1 Å². The highest BCUT2D eigenvalue weighted by Crippen LogP contribution is 2.32. The van der Waals surface area contributed by atoms with E-state index < -0.39 is 0 Å². The number of nitrogens with zero attached hydrogens (tertiary/aromatic N) is 1. The summed E-state index contributed by atoms with van der Waals surface area (Å²) < 4.78 is 5.24. The van der Waals surface area contributed by atoms with Gasteiger partial charge in [0, 0.05) is 20.2 Å². The highest BCUT2D eigenvalue weighted by atomic mass is 35.5. The summed E-state index contributed by atoms with van der Waals surface area (Å²) in [4.78, 5) is 2.31. The average Bonchev–Trinajstić information content (AvgIpc) is 2.33. The van der Waals surface area contributed by atoms with Gasteiger partial charge in [-0.1, -0.05) is 17.7 Å². The lowest BCUT2D eigenvalue weighted by molar-refractivity contribution is 0.143. The predicted octanol–water partition coefficient (Wildman–Crippen LogP) is 2.79. The maximum atomic E-state index is 6.05. The number of benzene rings is 1. The third kappa shape index (κ3) is 2.85. The summed E-state index contributed by atoms with van der Waals surface area (Å²) in [6.07, 6.45) is 2.41. The minimum atomic E-state index is 0.590. The van der Waals surface area contributed by atoms with E-state index in [1.165, 1.54) is 12.8 Å². The summed E-state index contributed by atoms with van der Waals surface area (Å²) in [6.45, 7) is 2.86. The Morgan fingerprint density at radius 3 is 3.12 bits per heavy atom. The van der Waals surface area contributed by atoms with Crippen molar-refractivity contribution in [1.82, 2.24) is 0 Å². The number of nitrogen functional groups attached to an aromatic ring is 1. The molecule has 4 heteroatoms. The van der Waals surface area contributed by atoms with Crippen LogP contribution in [-0.4, -0.2) is 26.8 Å². The second kappa shape index (κ2) is 5.61. The van der Waals surface area contributed by atoms with Gasteiger partial charge in [-0.15, -0.1) is 0 Å². The molecule has 1 aliphatic heterocycles. The number of piperidine rings is 1. The van der Waals surface area contributed by atoms with Crippen molar-refractivity contribution in [1.29, 1.82) is 0 Å². The third-order valence-electron chi connectivity index (χ3n) is 3.29. The summed E-state index contributed by atoms with van der Waals surface area (Å²) in [5.74, 6) is 0.590. The van der Waals surface area contributed by atoms with Gasteiger partial charge in [-0.25, -0.2) is 0 Å². The fourth-order valence-electron chi connectivity index (χ4n) is 2.46. The number of hydrogen-bond acceptors (Lipinski definition) is 3. The molecule has 0 saturated carbocycles. The van der Waals surface area contributed by atoms with Crippen molar-refractivity contribution in [3.63, 3.8) is 0 Å². The molecule has 0 spiro atoms. The zero-order valence-electron chi connectivity index (χ0n) is 10.2. The van der Waals surface area contributed by atoms with Crippen LogP contribution in [0, 0.1) is 5.92 Å². The molecule has 94 valence electrons. The Morgan fingerprint density at radius 2 is 2.35 bits per heavy atom. The topological polar surface area (TPSA) is 38.5 Å². The Labute approximate surface area is 107 Å². The Bertz CT molecular complexity index is 382. The number of halogens is 1. The van der Waals surface area contributed by atoms with E-state index >= 15 is 0 Å². The summed E-state index contributed by atoms with van der Waals surface area (Å²) >= 11 is 6.05. The van der Waals surface area contributed by atoms with Gasteiger partial charge in [0.25, 0.3) is 0 Å². The van der Waals surface area contributed by atoms with Crippen LogP contribution in [0.5, 0.6) is 0 Å². The second-order valence-corrected chi connectivity index (χ2v) is 4.99. The van der Waals surface area contributed by atoms with Crippen LogP contribution in [0.2, 0.25) is 5.02 Å². The molecule has 0 radical (unpaired) electrons. The number of ether oxygens (including phenoxy) is 1. The molecule has 0 aromatic heterocycles. The Hall–Kier alpha value is -0.930. The quantitative estimate of drug-likeness (QED) is 0.843. The first-order valence-electron chi connectivity index (χ1n) is 6.00. The Balaban J connectivity index is 2.13. The molecular formula is C13H19ClN2O. The van der Waals surface area contributed by atoms with E-state index in [9.17, 15) is 0 Å². The van der Waals surface area contributed by atoms with Crippen LogP contribution < -0.4 is 10.6 Å².